The second kappa shape index (κ2) is 7.51. The van der Waals surface area contributed by atoms with Crippen LogP contribution in [0.15, 0.2) is 24.3 Å². The molecule has 1 aromatic carbocycles. The number of anilines is 2. The van der Waals surface area contributed by atoms with Gasteiger partial charge < -0.3 is 10.2 Å². The minimum atomic E-state index is 0.0423. The highest BCUT2D eigenvalue weighted by Gasteiger charge is 2.12. The Morgan fingerprint density at radius 1 is 1.17 bits per heavy atom. The van der Waals surface area contributed by atoms with Gasteiger partial charge in [-0.3, -0.25) is 9.89 Å². The van der Waals surface area contributed by atoms with Gasteiger partial charge in [-0.05, 0) is 69.4 Å². The third-order valence-corrected chi connectivity index (χ3v) is 4.76. The van der Waals surface area contributed by atoms with Gasteiger partial charge in [0.25, 0.3) is 0 Å². The number of aryl methyl sites for hydroxylation is 2. The van der Waals surface area contributed by atoms with E-state index >= 15 is 0 Å². The smallest absolute Gasteiger partial charge is 0.224 e. The van der Waals surface area contributed by atoms with E-state index in [0.717, 1.165) is 35.7 Å². The van der Waals surface area contributed by atoms with E-state index in [2.05, 4.69) is 32.5 Å². The summed E-state index contributed by atoms with van der Waals surface area (Å²) in [5.74, 6) is 0.0423. The highest BCUT2D eigenvalue weighted by Crippen LogP contribution is 2.22. The van der Waals surface area contributed by atoms with Crippen molar-refractivity contribution in [1.29, 1.82) is 0 Å². The number of hydrogen-bond acceptors (Lipinski definition) is 3. The van der Waals surface area contributed by atoms with Gasteiger partial charge in [-0.25, -0.2) is 0 Å². The van der Waals surface area contributed by atoms with Crippen molar-refractivity contribution < 1.29 is 4.79 Å². The molecule has 1 aliphatic heterocycles. The summed E-state index contributed by atoms with van der Waals surface area (Å²) >= 11 is 0. The fourth-order valence-corrected chi connectivity index (χ4v) is 3.31. The minimum Gasteiger partial charge on any atom is -0.372 e. The van der Waals surface area contributed by atoms with Gasteiger partial charge >= 0.3 is 0 Å². The molecular formula is C19H26N4O. The molecule has 0 atom stereocenters. The zero-order chi connectivity index (χ0) is 16.9. The molecule has 0 saturated carbocycles. The van der Waals surface area contributed by atoms with Crippen molar-refractivity contribution in [3.63, 3.8) is 0 Å². The van der Waals surface area contributed by atoms with Crippen LogP contribution >= 0.6 is 0 Å². The number of carbonyl (C=O) groups excluding carboxylic acids is 1. The molecular weight excluding hydrogens is 300 g/mol. The molecule has 24 heavy (non-hydrogen) atoms. The molecule has 3 rings (SSSR count). The van der Waals surface area contributed by atoms with Gasteiger partial charge in [-0.15, -0.1) is 0 Å². The van der Waals surface area contributed by atoms with Crippen molar-refractivity contribution >= 4 is 17.3 Å². The lowest BCUT2D eigenvalue weighted by atomic mass is 10.1. The third kappa shape index (κ3) is 3.96. The van der Waals surface area contributed by atoms with Gasteiger partial charge in [0.1, 0.15) is 0 Å². The fourth-order valence-electron chi connectivity index (χ4n) is 3.31. The number of benzene rings is 1. The third-order valence-electron chi connectivity index (χ3n) is 4.76. The molecule has 128 valence electrons. The first kappa shape index (κ1) is 16.6. The molecule has 1 amide bonds. The summed E-state index contributed by atoms with van der Waals surface area (Å²) in [6.45, 7) is 6.23. The Morgan fingerprint density at radius 2 is 1.88 bits per heavy atom. The molecule has 1 aromatic heterocycles. The Hall–Kier alpha value is -2.30. The second-order valence-corrected chi connectivity index (χ2v) is 6.56. The van der Waals surface area contributed by atoms with E-state index in [1.165, 1.54) is 24.9 Å². The van der Waals surface area contributed by atoms with E-state index in [1.807, 2.05) is 26.0 Å². The first-order valence-electron chi connectivity index (χ1n) is 8.79. The first-order valence-corrected chi connectivity index (χ1v) is 8.79. The zero-order valence-corrected chi connectivity index (χ0v) is 14.6. The van der Waals surface area contributed by atoms with E-state index < -0.39 is 0 Å². The van der Waals surface area contributed by atoms with E-state index in [1.54, 1.807) is 0 Å². The number of carbonyl (C=O) groups is 1. The Balaban J connectivity index is 1.52. The lowest BCUT2D eigenvalue weighted by Gasteiger charge is -2.28. The lowest BCUT2D eigenvalue weighted by Crippen LogP contribution is -2.29. The number of H-pyrrole nitrogens is 1. The van der Waals surface area contributed by atoms with Crippen LogP contribution in [0.25, 0.3) is 0 Å². The SMILES string of the molecule is Cc1n[nH]c(C)c1CCC(=O)Nc1ccc(N2CCCCC2)cc1. The highest BCUT2D eigenvalue weighted by molar-refractivity contribution is 5.91. The van der Waals surface area contributed by atoms with Crippen LogP contribution in [0.5, 0.6) is 0 Å². The monoisotopic (exact) mass is 326 g/mol. The molecule has 1 aliphatic rings. The number of piperidine rings is 1. The molecule has 0 radical (unpaired) electrons. The topological polar surface area (TPSA) is 61.0 Å². The predicted molar refractivity (Wildman–Crippen MR) is 97.5 cm³/mol. The Labute approximate surface area is 143 Å². The average molecular weight is 326 g/mol. The van der Waals surface area contributed by atoms with Gasteiger partial charge in [0.05, 0.1) is 5.69 Å². The van der Waals surface area contributed by atoms with E-state index in [-0.39, 0.29) is 5.91 Å². The van der Waals surface area contributed by atoms with Gasteiger partial charge in [0.2, 0.25) is 5.91 Å². The Bertz CT molecular complexity index is 664. The summed E-state index contributed by atoms with van der Waals surface area (Å²) in [6, 6.07) is 8.20. The maximum Gasteiger partial charge on any atom is 0.224 e. The van der Waals surface area contributed by atoms with Crippen molar-refractivity contribution in [2.24, 2.45) is 0 Å². The zero-order valence-electron chi connectivity index (χ0n) is 14.6. The highest BCUT2D eigenvalue weighted by atomic mass is 16.1. The summed E-state index contributed by atoms with van der Waals surface area (Å²) < 4.78 is 0. The molecule has 2 N–H and O–H groups in total. The van der Waals surface area contributed by atoms with E-state index in [4.69, 9.17) is 0 Å². The van der Waals surface area contributed by atoms with E-state index in [9.17, 15) is 4.79 Å². The van der Waals surface area contributed by atoms with Gasteiger partial charge in [-0.2, -0.15) is 5.10 Å². The lowest BCUT2D eigenvalue weighted by molar-refractivity contribution is -0.116. The van der Waals surface area contributed by atoms with Crippen molar-refractivity contribution in [3.05, 3.63) is 41.2 Å². The van der Waals surface area contributed by atoms with Crippen LogP contribution in [0.3, 0.4) is 0 Å². The van der Waals surface area contributed by atoms with Crippen LogP contribution in [0.2, 0.25) is 0 Å². The first-order chi connectivity index (χ1) is 11.6. The van der Waals surface area contributed by atoms with Crippen molar-refractivity contribution in [2.75, 3.05) is 23.3 Å². The van der Waals surface area contributed by atoms with Crippen molar-refractivity contribution in [2.45, 2.75) is 46.0 Å². The van der Waals surface area contributed by atoms with Gasteiger partial charge in [0, 0.05) is 36.6 Å². The number of rotatable bonds is 5. The maximum absolute atomic E-state index is 12.2. The van der Waals surface area contributed by atoms with Crippen LogP contribution in [-0.2, 0) is 11.2 Å². The normalized spacial score (nSPS) is 14.7. The second-order valence-electron chi connectivity index (χ2n) is 6.56. The summed E-state index contributed by atoms with van der Waals surface area (Å²) in [4.78, 5) is 14.6. The molecule has 1 fully saturated rings. The summed E-state index contributed by atoms with van der Waals surface area (Å²) in [7, 11) is 0. The summed E-state index contributed by atoms with van der Waals surface area (Å²) in [5.41, 5.74) is 5.28. The molecule has 0 bridgehead atoms. The molecule has 0 aliphatic carbocycles. The molecule has 0 unspecified atom stereocenters. The fraction of sp³-hybridized carbons (Fsp3) is 0.474. The van der Waals surface area contributed by atoms with Crippen LogP contribution in [0, 0.1) is 13.8 Å². The number of amides is 1. The summed E-state index contributed by atoms with van der Waals surface area (Å²) in [5, 5.41) is 10.1. The molecule has 1 saturated heterocycles. The van der Waals surface area contributed by atoms with Crippen LogP contribution < -0.4 is 10.2 Å². The van der Waals surface area contributed by atoms with Crippen LogP contribution in [0.4, 0.5) is 11.4 Å². The van der Waals surface area contributed by atoms with E-state index in [0.29, 0.717) is 12.8 Å². The number of hydrogen-bond donors (Lipinski definition) is 2. The molecule has 5 nitrogen and oxygen atoms in total. The quantitative estimate of drug-likeness (QED) is 0.883. The largest absolute Gasteiger partial charge is 0.372 e. The molecule has 5 heteroatoms. The molecule has 2 heterocycles. The number of aromatic amines is 1. The minimum absolute atomic E-state index is 0.0423. The standard InChI is InChI=1S/C19H26N4O/c1-14-18(15(2)22-21-14)10-11-19(24)20-16-6-8-17(9-7-16)23-12-4-3-5-13-23/h6-9H,3-5,10-13H2,1-2H3,(H,20,24)(H,21,22). The molecule has 2 aromatic rings. The maximum atomic E-state index is 12.2. The number of nitrogens with one attached hydrogen (secondary N) is 2. The van der Waals surface area contributed by atoms with Crippen molar-refractivity contribution in [3.8, 4) is 0 Å². The van der Waals surface area contributed by atoms with Crippen molar-refractivity contribution in [1.82, 2.24) is 10.2 Å². The summed E-state index contributed by atoms with van der Waals surface area (Å²) in [6.07, 6.45) is 5.05. The van der Waals surface area contributed by atoms with Gasteiger partial charge in [-0.1, -0.05) is 0 Å². The number of nitrogens with zero attached hydrogens (tertiary/aromatic N) is 2. The van der Waals surface area contributed by atoms with Gasteiger partial charge in [0.15, 0.2) is 0 Å². The Kier molecular flexibility index (Phi) is 5.18. The molecule has 0 spiro atoms. The Morgan fingerprint density at radius 3 is 2.50 bits per heavy atom. The van der Waals surface area contributed by atoms with Crippen LogP contribution in [0.1, 0.15) is 42.6 Å². The number of aromatic nitrogens is 2. The van der Waals surface area contributed by atoms with Crippen LogP contribution in [-0.4, -0.2) is 29.2 Å². The predicted octanol–water partition coefficient (Wildman–Crippen LogP) is 3.59. The average Bonchev–Trinajstić information content (AvgIpc) is 2.93.